The zero-order valence-corrected chi connectivity index (χ0v) is 13.5. The average Bonchev–Trinajstić information content (AvgIpc) is 2.22. The fourth-order valence-corrected chi connectivity index (χ4v) is 1.71. The number of amides is 1. The first-order chi connectivity index (χ1) is 7.73. The Hall–Kier alpha value is -0.580. The van der Waals surface area contributed by atoms with E-state index < -0.39 is 6.04 Å². The van der Waals surface area contributed by atoms with Crippen LogP contribution in [0, 0.1) is 12.3 Å². The number of hydrogen-bond donors (Lipinski definition) is 2. The summed E-state index contributed by atoms with van der Waals surface area (Å²) in [6, 6.07) is 5.16. The molecule has 3 nitrogen and oxygen atoms in total. The van der Waals surface area contributed by atoms with E-state index in [2.05, 4.69) is 21.2 Å². The lowest BCUT2D eigenvalue weighted by atomic mass is 9.87. The van der Waals surface area contributed by atoms with E-state index in [1.165, 1.54) is 0 Å². The van der Waals surface area contributed by atoms with Gasteiger partial charge in [-0.2, -0.15) is 0 Å². The third-order valence-corrected chi connectivity index (χ3v) is 3.60. The van der Waals surface area contributed by atoms with Crippen LogP contribution in [0.15, 0.2) is 22.7 Å². The lowest BCUT2D eigenvalue weighted by molar-refractivity contribution is -0.119. The van der Waals surface area contributed by atoms with Crippen molar-refractivity contribution in [2.45, 2.75) is 33.7 Å². The van der Waals surface area contributed by atoms with Gasteiger partial charge in [0, 0.05) is 10.2 Å². The summed E-state index contributed by atoms with van der Waals surface area (Å²) < 4.78 is 0.972. The van der Waals surface area contributed by atoms with E-state index in [9.17, 15) is 4.79 Å². The molecule has 102 valence electrons. The van der Waals surface area contributed by atoms with Gasteiger partial charge in [0.25, 0.3) is 0 Å². The van der Waals surface area contributed by atoms with Crippen LogP contribution in [-0.2, 0) is 4.79 Å². The van der Waals surface area contributed by atoms with Gasteiger partial charge in [-0.3, -0.25) is 4.79 Å². The highest BCUT2D eigenvalue weighted by Gasteiger charge is 2.27. The molecule has 0 saturated carbocycles. The van der Waals surface area contributed by atoms with Gasteiger partial charge in [-0.1, -0.05) is 42.8 Å². The van der Waals surface area contributed by atoms with Gasteiger partial charge in [0.2, 0.25) is 5.91 Å². The van der Waals surface area contributed by atoms with Crippen molar-refractivity contribution in [3.05, 3.63) is 28.2 Å². The number of nitrogens with two attached hydrogens (primary N) is 1. The molecule has 1 aromatic rings. The Morgan fingerprint density at radius 3 is 2.44 bits per heavy atom. The summed E-state index contributed by atoms with van der Waals surface area (Å²) in [6.45, 7) is 7.79. The molecule has 0 aliphatic heterocycles. The molecule has 1 amide bonds. The summed E-state index contributed by atoms with van der Waals surface area (Å²) in [5, 5.41) is 2.86. The van der Waals surface area contributed by atoms with E-state index in [1.807, 2.05) is 45.9 Å². The normalized spacial score (nSPS) is 12.6. The van der Waals surface area contributed by atoms with E-state index in [1.54, 1.807) is 0 Å². The van der Waals surface area contributed by atoms with Gasteiger partial charge in [-0.05, 0) is 30.0 Å². The van der Waals surface area contributed by atoms with Gasteiger partial charge in [0.05, 0.1) is 6.04 Å². The standard InChI is InChI=1S/C13H19BrN2O.ClH/c1-8-9(14)6-5-7-10(8)16-12(17)11(15)13(2,3)4;/h5-7,11H,15H2,1-4H3,(H,16,17);1H/t11-;/m1./s1. The van der Waals surface area contributed by atoms with Gasteiger partial charge < -0.3 is 11.1 Å². The lowest BCUT2D eigenvalue weighted by Gasteiger charge is -2.26. The number of nitrogens with one attached hydrogen (secondary N) is 1. The van der Waals surface area contributed by atoms with Crippen molar-refractivity contribution < 1.29 is 4.79 Å². The first-order valence-electron chi connectivity index (χ1n) is 5.55. The molecule has 0 saturated heterocycles. The van der Waals surface area contributed by atoms with Gasteiger partial charge in [0.1, 0.15) is 0 Å². The summed E-state index contributed by atoms with van der Waals surface area (Å²) in [6.07, 6.45) is 0. The van der Waals surface area contributed by atoms with Crippen molar-refractivity contribution >= 4 is 39.9 Å². The van der Waals surface area contributed by atoms with Crippen molar-refractivity contribution in [3.63, 3.8) is 0 Å². The zero-order chi connectivity index (χ0) is 13.2. The SMILES string of the molecule is Cc1c(Br)cccc1NC(=O)[C@@H](N)C(C)(C)C.Cl. The number of hydrogen-bond acceptors (Lipinski definition) is 2. The molecule has 0 aromatic heterocycles. The molecule has 1 aromatic carbocycles. The Morgan fingerprint density at radius 2 is 1.94 bits per heavy atom. The van der Waals surface area contributed by atoms with Crippen molar-refractivity contribution in [2.75, 3.05) is 5.32 Å². The molecular formula is C13H20BrClN2O. The number of rotatable bonds is 2. The van der Waals surface area contributed by atoms with Crippen molar-refractivity contribution in [1.29, 1.82) is 0 Å². The number of carbonyl (C=O) groups excluding carboxylic acids is 1. The van der Waals surface area contributed by atoms with Crippen LogP contribution in [0.3, 0.4) is 0 Å². The first-order valence-corrected chi connectivity index (χ1v) is 6.34. The van der Waals surface area contributed by atoms with E-state index in [0.717, 1.165) is 15.7 Å². The smallest absolute Gasteiger partial charge is 0.241 e. The fraction of sp³-hybridized carbons (Fsp3) is 0.462. The van der Waals surface area contributed by atoms with Crippen LogP contribution in [0.5, 0.6) is 0 Å². The van der Waals surface area contributed by atoms with Crippen LogP contribution in [0.4, 0.5) is 5.69 Å². The van der Waals surface area contributed by atoms with Gasteiger partial charge in [0.15, 0.2) is 0 Å². The summed E-state index contributed by atoms with van der Waals surface area (Å²) in [7, 11) is 0. The molecule has 18 heavy (non-hydrogen) atoms. The van der Waals surface area contributed by atoms with Crippen LogP contribution in [0.2, 0.25) is 0 Å². The van der Waals surface area contributed by atoms with E-state index in [4.69, 9.17) is 5.73 Å². The highest BCUT2D eigenvalue weighted by atomic mass is 79.9. The molecule has 5 heteroatoms. The van der Waals surface area contributed by atoms with Crippen molar-refractivity contribution in [1.82, 2.24) is 0 Å². The van der Waals surface area contributed by atoms with Crippen LogP contribution in [0.1, 0.15) is 26.3 Å². The van der Waals surface area contributed by atoms with Crippen LogP contribution in [0.25, 0.3) is 0 Å². The van der Waals surface area contributed by atoms with E-state index >= 15 is 0 Å². The Kier molecular flexibility index (Phi) is 6.34. The van der Waals surface area contributed by atoms with Gasteiger partial charge in [-0.25, -0.2) is 0 Å². The average molecular weight is 336 g/mol. The lowest BCUT2D eigenvalue weighted by Crippen LogP contribution is -2.45. The minimum atomic E-state index is -0.527. The highest BCUT2D eigenvalue weighted by molar-refractivity contribution is 9.10. The second kappa shape index (κ2) is 6.55. The Labute approximate surface area is 123 Å². The number of anilines is 1. The molecule has 1 rings (SSSR count). The quantitative estimate of drug-likeness (QED) is 0.869. The highest BCUT2D eigenvalue weighted by Crippen LogP contribution is 2.25. The molecule has 3 N–H and O–H groups in total. The van der Waals surface area contributed by atoms with Crippen molar-refractivity contribution in [3.8, 4) is 0 Å². The fourth-order valence-electron chi connectivity index (χ4n) is 1.35. The Balaban J connectivity index is 0.00000289. The third kappa shape index (κ3) is 4.26. The molecule has 0 aliphatic carbocycles. The minimum absolute atomic E-state index is 0. The molecule has 0 unspecified atom stereocenters. The molecule has 0 bridgehead atoms. The summed E-state index contributed by atoms with van der Waals surface area (Å²) in [5.74, 6) is -0.154. The molecule has 0 spiro atoms. The number of halogens is 2. The minimum Gasteiger partial charge on any atom is -0.324 e. The monoisotopic (exact) mass is 334 g/mol. The third-order valence-electron chi connectivity index (χ3n) is 2.74. The van der Waals surface area contributed by atoms with Gasteiger partial charge >= 0.3 is 0 Å². The summed E-state index contributed by atoms with van der Waals surface area (Å²) in [4.78, 5) is 12.0. The van der Waals surface area contributed by atoms with Crippen LogP contribution < -0.4 is 11.1 Å². The molecule has 0 fully saturated rings. The molecular weight excluding hydrogens is 316 g/mol. The topological polar surface area (TPSA) is 55.1 Å². The van der Waals surface area contributed by atoms with Crippen LogP contribution >= 0.6 is 28.3 Å². The predicted molar refractivity (Wildman–Crippen MR) is 82.2 cm³/mol. The summed E-state index contributed by atoms with van der Waals surface area (Å²) >= 11 is 3.43. The molecule has 1 atom stereocenters. The Bertz CT molecular complexity index is 429. The molecule has 0 radical (unpaired) electrons. The van der Waals surface area contributed by atoms with Crippen molar-refractivity contribution in [2.24, 2.45) is 11.1 Å². The first kappa shape index (κ1) is 17.4. The second-order valence-corrected chi connectivity index (χ2v) is 6.10. The van der Waals surface area contributed by atoms with Gasteiger partial charge in [-0.15, -0.1) is 12.4 Å². The van der Waals surface area contributed by atoms with E-state index in [0.29, 0.717) is 0 Å². The summed E-state index contributed by atoms with van der Waals surface area (Å²) in [5.41, 5.74) is 7.46. The van der Waals surface area contributed by atoms with Crippen LogP contribution in [-0.4, -0.2) is 11.9 Å². The largest absolute Gasteiger partial charge is 0.324 e. The number of carbonyl (C=O) groups is 1. The molecule has 0 aliphatic rings. The van der Waals surface area contributed by atoms with E-state index in [-0.39, 0.29) is 23.7 Å². The maximum atomic E-state index is 12.0. The zero-order valence-electron chi connectivity index (χ0n) is 11.1. The second-order valence-electron chi connectivity index (χ2n) is 5.25. The predicted octanol–water partition coefficient (Wildman–Crippen LogP) is 3.49. The molecule has 0 heterocycles. The number of benzene rings is 1. The maximum absolute atomic E-state index is 12.0. The maximum Gasteiger partial charge on any atom is 0.241 e. The Morgan fingerprint density at radius 1 is 1.39 bits per heavy atom.